The summed E-state index contributed by atoms with van der Waals surface area (Å²) in [6, 6.07) is 15.0. The normalized spacial score (nSPS) is 11.0. The van der Waals surface area contributed by atoms with E-state index in [4.69, 9.17) is 23.2 Å². The number of imidazole rings is 1. The van der Waals surface area contributed by atoms with Crippen LogP contribution in [-0.4, -0.2) is 15.3 Å². The van der Waals surface area contributed by atoms with Gasteiger partial charge in [0, 0.05) is 27.2 Å². The maximum absolute atomic E-state index is 12.7. The number of amides is 1. The van der Waals surface area contributed by atoms with Crippen LogP contribution in [0.15, 0.2) is 60.1 Å². The summed E-state index contributed by atoms with van der Waals surface area (Å²) in [5.41, 5.74) is 2.28. The molecule has 0 aliphatic heterocycles. The largest absolute Gasteiger partial charge is 0.310 e. The molecule has 7 heteroatoms. The second-order valence-electron chi connectivity index (χ2n) is 5.66. The van der Waals surface area contributed by atoms with E-state index in [0.717, 1.165) is 16.2 Å². The molecule has 0 spiro atoms. The molecule has 4 aromatic rings. The molecule has 0 unspecified atom stereocenters. The first-order valence-electron chi connectivity index (χ1n) is 7.87. The van der Waals surface area contributed by atoms with Crippen LogP contribution in [0.25, 0.3) is 16.2 Å². The van der Waals surface area contributed by atoms with Gasteiger partial charge < -0.3 is 5.32 Å². The Morgan fingerprint density at radius 1 is 1.08 bits per heavy atom. The van der Waals surface area contributed by atoms with Crippen LogP contribution >= 0.6 is 34.5 Å². The fourth-order valence-corrected chi connectivity index (χ4v) is 3.99. The van der Waals surface area contributed by atoms with Crippen molar-refractivity contribution in [3.05, 3.63) is 75.7 Å². The third-order valence-corrected chi connectivity index (χ3v) is 5.43. The Morgan fingerprint density at radius 3 is 2.54 bits per heavy atom. The topological polar surface area (TPSA) is 46.4 Å². The zero-order chi connectivity index (χ0) is 18.1. The van der Waals surface area contributed by atoms with Crippen molar-refractivity contribution < 1.29 is 4.79 Å². The van der Waals surface area contributed by atoms with E-state index in [2.05, 4.69) is 10.3 Å². The number of aromatic nitrogens is 2. The van der Waals surface area contributed by atoms with Crippen molar-refractivity contribution in [3.8, 4) is 11.3 Å². The van der Waals surface area contributed by atoms with Crippen LogP contribution in [0.4, 0.5) is 5.82 Å². The monoisotopic (exact) mass is 401 g/mol. The number of nitrogens with one attached hydrogen (secondary N) is 1. The minimum Gasteiger partial charge on any atom is -0.310 e. The van der Waals surface area contributed by atoms with Crippen molar-refractivity contribution in [1.29, 1.82) is 0 Å². The van der Waals surface area contributed by atoms with Crippen LogP contribution in [0, 0.1) is 0 Å². The predicted molar refractivity (Wildman–Crippen MR) is 107 cm³/mol. The van der Waals surface area contributed by atoms with E-state index in [1.54, 1.807) is 18.2 Å². The molecule has 0 fully saturated rings. The smallest absolute Gasteiger partial charge is 0.230 e. The zero-order valence-electron chi connectivity index (χ0n) is 13.4. The second kappa shape index (κ2) is 7.11. The van der Waals surface area contributed by atoms with Crippen molar-refractivity contribution in [1.82, 2.24) is 9.38 Å². The summed E-state index contributed by atoms with van der Waals surface area (Å²) in [5, 5.41) is 5.85. The highest BCUT2D eigenvalue weighted by Gasteiger charge is 2.18. The number of rotatable bonds is 4. The van der Waals surface area contributed by atoms with Crippen LogP contribution in [-0.2, 0) is 11.2 Å². The maximum atomic E-state index is 12.7. The molecule has 2 aromatic carbocycles. The minimum atomic E-state index is -0.204. The van der Waals surface area contributed by atoms with E-state index in [9.17, 15) is 4.79 Å². The average Bonchev–Trinajstić information content (AvgIpc) is 3.22. The molecule has 0 radical (unpaired) electrons. The number of hydrogen-bond donors (Lipinski definition) is 1. The molecule has 0 saturated heterocycles. The van der Waals surface area contributed by atoms with E-state index in [-0.39, 0.29) is 12.3 Å². The van der Waals surface area contributed by atoms with Gasteiger partial charge in [-0.25, -0.2) is 4.98 Å². The minimum absolute atomic E-state index is 0.0874. The van der Waals surface area contributed by atoms with Gasteiger partial charge in [0.25, 0.3) is 0 Å². The molecule has 0 atom stereocenters. The van der Waals surface area contributed by atoms with E-state index in [1.807, 2.05) is 46.3 Å². The number of carbonyl (C=O) groups is 1. The number of nitrogens with zero attached hydrogens (tertiary/aromatic N) is 2. The summed E-state index contributed by atoms with van der Waals surface area (Å²) in [6.45, 7) is 0. The van der Waals surface area contributed by atoms with Gasteiger partial charge in [-0.15, -0.1) is 11.3 Å². The number of carbonyl (C=O) groups excluding carboxylic acids is 1. The summed E-state index contributed by atoms with van der Waals surface area (Å²) >= 11 is 13.9. The Labute approximate surface area is 164 Å². The van der Waals surface area contributed by atoms with Gasteiger partial charge in [-0.2, -0.15) is 0 Å². The first kappa shape index (κ1) is 17.1. The van der Waals surface area contributed by atoms with E-state index in [1.165, 1.54) is 11.3 Å². The van der Waals surface area contributed by atoms with Crippen LogP contribution < -0.4 is 5.32 Å². The summed E-state index contributed by atoms with van der Waals surface area (Å²) in [5.74, 6) is 0.436. The van der Waals surface area contributed by atoms with Crippen molar-refractivity contribution in [3.63, 3.8) is 0 Å². The predicted octanol–water partition coefficient (Wildman–Crippen LogP) is 5.55. The van der Waals surface area contributed by atoms with Crippen molar-refractivity contribution in [2.75, 3.05) is 5.32 Å². The van der Waals surface area contributed by atoms with Crippen molar-refractivity contribution >= 4 is 51.2 Å². The van der Waals surface area contributed by atoms with Gasteiger partial charge in [-0.05, 0) is 17.7 Å². The molecule has 1 N–H and O–H groups in total. The molecule has 0 saturated carbocycles. The fraction of sp³-hybridized carbons (Fsp3) is 0.0526. The number of benzene rings is 2. The lowest BCUT2D eigenvalue weighted by Gasteiger charge is -2.09. The lowest BCUT2D eigenvalue weighted by atomic mass is 10.1. The third kappa shape index (κ3) is 3.21. The van der Waals surface area contributed by atoms with Crippen LogP contribution in [0.3, 0.4) is 0 Å². The fourth-order valence-electron chi connectivity index (χ4n) is 2.74. The van der Waals surface area contributed by atoms with Gasteiger partial charge >= 0.3 is 0 Å². The molecular weight excluding hydrogens is 389 g/mol. The van der Waals surface area contributed by atoms with Gasteiger partial charge in [0.2, 0.25) is 5.91 Å². The Bertz CT molecular complexity index is 1070. The number of thiazole rings is 1. The summed E-state index contributed by atoms with van der Waals surface area (Å²) in [7, 11) is 0. The SMILES string of the molecule is O=C(Cc1c(Cl)cccc1Cl)Nc1c(-c2ccccc2)nc2sccn12. The van der Waals surface area contributed by atoms with Crippen molar-refractivity contribution in [2.24, 2.45) is 0 Å². The molecule has 4 rings (SSSR count). The summed E-state index contributed by atoms with van der Waals surface area (Å²) < 4.78 is 1.87. The average molecular weight is 402 g/mol. The van der Waals surface area contributed by atoms with Crippen LogP contribution in [0.1, 0.15) is 5.56 Å². The highest BCUT2D eigenvalue weighted by molar-refractivity contribution is 7.15. The van der Waals surface area contributed by atoms with Crippen molar-refractivity contribution in [2.45, 2.75) is 6.42 Å². The molecule has 0 aliphatic carbocycles. The number of halogens is 2. The molecule has 4 nitrogen and oxygen atoms in total. The van der Waals surface area contributed by atoms with E-state index in [0.29, 0.717) is 21.4 Å². The van der Waals surface area contributed by atoms with E-state index >= 15 is 0 Å². The van der Waals surface area contributed by atoms with E-state index < -0.39 is 0 Å². The number of anilines is 1. The second-order valence-corrected chi connectivity index (χ2v) is 7.34. The Hall–Kier alpha value is -2.34. The van der Waals surface area contributed by atoms with Gasteiger partial charge in [-0.3, -0.25) is 9.20 Å². The molecular formula is C19H13Cl2N3OS. The molecule has 130 valence electrons. The number of fused-ring (bicyclic) bond motifs is 1. The lowest BCUT2D eigenvalue weighted by molar-refractivity contribution is -0.115. The molecule has 26 heavy (non-hydrogen) atoms. The molecule has 0 bridgehead atoms. The summed E-state index contributed by atoms with van der Waals surface area (Å²) in [6.07, 6.45) is 1.97. The standard InChI is InChI=1S/C19H13Cl2N3OS/c20-14-7-4-8-15(21)13(14)11-16(25)22-18-17(12-5-2-1-3-6-12)23-19-24(18)9-10-26-19/h1-10H,11H2,(H,22,25). The first-order chi connectivity index (χ1) is 12.6. The molecule has 0 aliphatic rings. The van der Waals surface area contributed by atoms with Gasteiger partial charge in [0.05, 0.1) is 6.42 Å². The van der Waals surface area contributed by atoms with Gasteiger partial charge in [-0.1, -0.05) is 59.6 Å². The molecule has 1 amide bonds. The highest BCUT2D eigenvalue weighted by atomic mass is 35.5. The lowest BCUT2D eigenvalue weighted by Crippen LogP contribution is -2.16. The Kier molecular flexibility index (Phi) is 4.68. The third-order valence-electron chi connectivity index (χ3n) is 3.97. The first-order valence-corrected chi connectivity index (χ1v) is 9.51. The molecule has 2 heterocycles. The Morgan fingerprint density at radius 2 is 1.81 bits per heavy atom. The number of hydrogen-bond acceptors (Lipinski definition) is 3. The van der Waals surface area contributed by atoms with Crippen LogP contribution in [0.5, 0.6) is 0 Å². The summed E-state index contributed by atoms with van der Waals surface area (Å²) in [4.78, 5) is 18.1. The zero-order valence-corrected chi connectivity index (χ0v) is 15.8. The molecule has 2 aromatic heterocycles. The van der Waals surface area contributed by atoms with Gasteiger partial charge in [0.15, 0.2) is 4.96 Å². The Balaban J connectivity index is 1.68. The van der Waals surface area contributed by atoms with Gasteiger partial charge in [0.1, 0.15) is 11.5 Å². The highest BCUT2D eigenvalue weighted by Crippen LogP contribution is 2.31. The maximum Gasteiger partial charge on any atom is 0.230 e. The quantitative estimate of drug-likeness (QED) is 0.487. The van der Waals surface area contributed by atoms with Crippen LogP contribution in [0.2, 0.25) is 10.0 Å².